The lowest BCUT2D eigenvalue weighted by atomic mass is 9.97. The summed E-state index contributed by atoms with van der Waals surface area (Å²) < 4.78 is 5.47. The number of benzene rings is 1. The van der Waals surface area contributed by atoms with E-state index in [-0.39, 0.29) is 6.54 Å². The van der Waals surface area contributed by atoms with E-state index in [0.717, 1.165) is 36.5 Å². The lowest BCUT2D eigenvalue weighted by Gasteiger charge is -2.14. The van der Waals surface area contributed by atoms with Crippen LogP contribution in [0.3, 0.4) is 0 Å². The number of aliphatic carboxylic acids is 1. The number of carboxylic acids is 1. The van der Waals surface area contributed by atoms with Gasteiger partial charge in [-0.15, -0.1) is 0 Å². The molecule has 1 aromatic carbocycles. The molecule has 126 valence electrons. The number of aromatic nitrogens is 1. The molecule has 0 unspecified atom stereocenters. The number of hydrogen-bond donors (Lipinski definition) is 1. The Morgan fingerprint density at radius 1 is 1.33 bits per heavy atom. The highest BCUT2D eigenvalue weighted by atomic mass is 16.5. The Morgan fingerprint density at radius 3 is 2.83 bits per heavy atom. The number of rotatable bonds is 6. The van der Waals surface area contributed by atoms with Gasteiger partial charge in [-0.3, -0.25) is 14.7 Å². The lowest BCUT2D eigenvalue weighted by Crippen LogP contribution is -2.27. The predicted molar refractivity (Wildman–Crippen MR) is 92.3 cm³/mol. The van der Waals surface area contributed by atoms with Crippen molar-refractivity contribution in [2.24, 2.45) is 0 Å². The second-order valence-electron chi connectivity index (χ2n) is 6.05. The molecule has 5 nitrogen and oxygen atoms in total. The van der Waals surface area contributed by atoms with Gasteiger partial charge in [-0.05, 0) is 67.8 Å². The molecular weight excluding hydrogens is 304 g/mol. The molecule has 24 heavy (non-hydrogen) atoms. The zero-order chi connectivity index (χ0) is 16.9. The Morgan fingerprint density at radius 2 is 2.12 bits per heavy atom. The topological polar surface area (TPSA) is 62.7 Å². The van der Waals surface area contributed by atoms with Crippen LogP contribution in [0, 0.1) is 0 Å². The van der Waals surface area contributed by atoms with Crippen molar-refractivity contribution < 1.29 is 14.6 Å². The van der Waals surface area contributed by atoms with Gasteiger partial charge in [0, 0.05) is 18.3 Å². The number of nitrogens with zero attached hydrogens (tertiary/aromatic N) is 2. The molecule has 0 amide bonds. The van der Waals surface area contributed by atoms with E-state index in [1.807, 2.05) is 48.4 Å². The lowest BCUT2D eigenvalue weighted by molar-refractivity contribution is -0.138. The molecule has 3 rings (SSSR count). The van der Waals surface area contributed by atoms with Gasteiger partial charge in [0.1, 0.15) is 5.75 Å². The van der Waals surface area contributed by atoms with Gasteiger partial charge in [0.05, 0.1) is 18.8 Å². The van der Waals surface area contributed by atoms with E-state index in [2.05, 4.69) is 11.1 Å². The fourth-order valence-electron chi connectivity index (χ4n) is 3.19. The van der Waals surface area contributed by atoms with Crippen molar-refractivity contribution >= 4 is 5.97 Å². The van der Waals surface area contributed by atoms with E-state index >= 15 is 0 Å². The Balaban J connectivity index is 1.73. The van der Waals surface area contributed by atoms with Gasteiger partial charge in [-0.1, -0.05) is 0 Å². The predicted octanol–water partition coefficient (Wildman–Crippen LogP) is 3.02. The summed E-state index contributed by atoms with van der Waals surface area (Å²) in [5.41, 5.74) is 3.22. The molecule has 1 aliphatic rings. The number of carbonyl (C=O) groups is 1. The van der Waals surface area contributed by atoms with Crippen LogP contribution in [0.25, 0.3) is 11.3 Å². The molecule has 1 saturated heterocycles. The maximum absolute atomic E-state index is 10.8. The highest BCUT2D eigenvalue weighted by Crippen LogP contribution is 2.29. The van der Waals surface area contributed by atoms with E-state index < -0.39 is 5.97 Å². The van der Waals surface area contributed by atoms with Crippen molar-refractivity contribution in [3.05, 3.63) is 48.2 Å². The van der Waals surface area contributed by atoms with Crippen molar-refractivity contribution in [3.8, 4) is 17.0 Å². The molecule has 0 spiro atoms. The fraction of sp³-hybridized carbons (Fsp3) is 0.368. The van der Waals surface area contributed by atoms with E-state index in [1.54, 1.807) is 0 Å². The van der Waals surface area contributed by atoms with Crippen LogP contribution in [0.4, 0.5) is 0 Å². The SMILES string of the molecule is CCOc1ccc(-c2cc([C@@H]3CCN(CC(=O)O)C3)ccn2)cc1. The molecule has 0 aliphatic carbocycles. The molecule has 1 aliphatic heterocycles. The Labute approximate surface area is 141 Å². The molecular formula is C19H22N2O3. The fourth-order valence-corrected chi connectivity index (χ4v) is 3.19. The van der Waals surface area contributed by atoms with Gasteiger partial charge < -0.3 is 9.84 Å². The number of hydrogen-bond acceptors (Lipinski definition) is 4. The number of pyridine rings is 1. The number of likely N-dealkylation sites (tertiary alicyclic amines) is 1. The van der Waals surface area contributed by atoms with E-state index in [1.165, 1.54) is 5.56 Å². The van der Waals surface area contributed by atoms with Gasteiger partial charge in [0.25, 0.3) is 0 Å². The summed E-state index contributed by atoms with van der Waals surface area (Å²) in [6, 6.07) is 12.1. The summed E-state index contributed by atoms with van der Waals surface area (Å²) in [6.45, 7) is 4.36. The second-order valence-corrected chi connectivity index (χ2v) is 6.05. The average molecular weight is 326 g/mol. The Hall–Kier alpha value is -2.40. The van der Waals surface area contributed by atoms with Gasteiger partial charge in [0.15, 0.2) is 0 Å². The van der Waals surface area contributed by atoms with Crippen LogP contribution < -0.4 is 4.74 Å². The largest absolute Gasteiger partial charge is 0.494 e. The Bertz CT molecular complexity index is 700. The third-order valence-corrected chi connectivity index (χ3v) is 4.35. The van der Waals surface area contributed by atoms with Crippen molar-refractivity contribution in [1.29, 1.82) is 0 Å². The first-order valence-electron chi connectivity index (χ1n) is 8.29. The molecule has 1 aromatic heterocycles. The normalized spacial score (nSPS) is 17.8. The summed E-state index contributed by atoms with van der Waals surface area (Å²) >= 11 is 0. The first kappa shape index (κ1) is 16.5. The minimum Gasteiger partial charge on any atom is -0.494 e. The molecule has 1 atom stereocenters. The monoisotopic (exact) mass is 326 g/mol. The van der Waals surface area contributed by atoms with Gasteiger partial charge in [-0.2, -0.15) is 0 Å². The third kappa shape index (κ3) is 3.92. The number of ether oxygens (including phenoxy) is 1. The van der Waals surface area contributed by atoms with Crippen LogP contribution in [0.15, 0.2) is 42.6 Å². The second kappa shape index (κ2) is 7.45. The van der Waals surface area contributed by atoms with E-state index in [0.29, 0.717) is 12.5 Å². The Kier molecular flexibility index (Phi) is 5.11. The zero-order valence-electron chi connectivity index (χ0n) is 13.8. The molecule has 5 heteroatoms. The molecule has 2 aromatic rings. The van der Waals surface area contributed by atoms with Crippen LogP contribution in [0.5, 0.6) is 5.75 Å². The van der Waals surface area contributed by atoms with E-state index in [9.17, 15) is 4.79 Å². The van der Waals surface area contributed by atoms with Crippen LogP contribution in [-0.2, 0) is 4.79 Å². The van der Waals surface area contributed by atoms with Crippen molar-refractivity contribution in [2.75, 3.05) is 26.2 Å². The van der Waals surface area contributed by atoms with Gasteiger partial charge >= 0.3 is 5.97 Å². The minimum absolute atomic E-state index is 0.118. The summed E-state index contributed by atoms with van der Waals surface area (Å²) in [5, 5.41) is 8.92. The zero-order valence-corrected chi connectivity index (χ0v) is 13.8. The molecule has 1 fully saturated rings. The van der Waals surface area contributed by atoms with Crippen LogP contribution in [0.1, 0.15) is 24.8 Å². The van der Waals surface area contributed by atoms with Crippen molar-refractivity contribution in [2.45, 2.75) is 19.3 Å². The van der Waals surface area contributed by atoms with Crippen LogP contribution in [-0.4, -0.2) is 47.2 Å². The van der Waals surface area contributed by atoms with Crippen LogP contribution in [0.2, 0.25) is 0 Å². The summed E-state index contributed by atoms with van der Waals surface area (Å²) in [6.07, 6.45) is 2.82. The maximum atomic E-state index is 10.8. The summed E-state index contributed by atoms with van der Waals surface area (Å²) in [5.74, 6) is 0.465. The van der Waals surface area contributed by atoms with Crippen LogP contribution >= 0.6 is 0 Å². The summed E-state index contributed by atoms with van der Waals surface area (Å²) in [7, 11) is 0. The highest BCUT2D eigenvalue weighted by molar-refractivity contribution is 5.69. The molecule has 0 radical (unpaired) electrons. The first-order valence-corrected chi connectivity index (χ1v) is 8.29. The maximum Gasteiger partial charge on any atom is 0.317 e. The quantitative estimate of drug-likeness (QED) is 0.884. The van der Waals surface area contributed by atoms with Crippen molar-refractivity contribution in [3.63, 3.8) is 0 Å². The third-order valence-electron chi connectivity index (χ3n) is 4.35. The minimum atomic E-state index is -0.763. The molecule has 0 saturated carbocycles. The summed E-state index contributed by atoms with van der Waals surface area (Å²) in [4.78, 5) is 17.3. The van der Waals surface area contributed by atoms with E-state index in [4.69, 9.17) is 9.84 Å². The average Bonchev–Trinajstić information content (AvgIpc) is 3.04. The van der Waals surface area contributed by atoms with Gasteiger partial charge in [-0.25, -0.2) is 0 Å². The number of carboxylic acid groups (broad SMARTS) is 1. The smallest absolute Gasteiger partial charge is 0.317 e. The highest BCUT2D eigenvalue weighted by Gasteiger charge is 2.25. The standard InChI is InChI=1S/C19H22N2O3/c1-2-24-17-5-3-14(4-6-17)18-11-15(7-9-20-18)16-8-10-21(12-16)13-19(22)23/h3-7,9,11,16H,2,8,10,12-13H2,1H3,(H,22,23)/t16-/m1/s1. The molecule has 2 heterocycles. The molecule has 0 bridgehead atoms. The first-order chi connectivity index (χ1) is 11.7. The van der Waals surface area contributed by atoms with Gasteiger partial charge in [0.2, 0.25) is 0 Å². The molecule has 1 N–H and O–H groups in total. The van der Waals surface area contributed by atoms with Crippen molar-refractivity contribution in [1.82, 2.24) is 9.88 Å².